The van der Waals surface area contributed by atoms with Crippen LogP contribution in [0, 0.1) is 10.5 Å². The van der Waals surface area contributed by atoms with Crippen LogP contribution in [-0.2, 0) is 0 Å². The van der Waals surface area contributed by atoms with Gasteiger partial charge in [-0.25, -0.2) is 0 Å². The highest BCUT2D eigenvalue weighted by molar-refractivity contribution is 14.1. The van der Waals surface area contributed by atoms with Crippen LogP contribution in [0.1, 0.15) is 15.9 Å². The Labute approximate surface area is 138 Å². The first-order valence-electron chi connectivity index (χ1n) is 5.50. The van der Waals surface area contributed by atoms with E-state index in [9.17, 15) is 4.79 Å². The van der Waals surface area contributed by atoms with Gasteiger partial charge in [0.25, 0.3) is 5.91 Å². The number of anilines is 1. The molecule has 0 saturated heterocycles. The van der Waals surface area contributed by atoms with Crippen LogP contribution in [-0.4, -0.2) is 5.91 Å². The van der Waals surface area contributed by atoms with Gasteiger partial charge in [0.2, 0.25) is 0 Å². The first kappa shape index (κ1) is 14.8. The SMILES string of the molecule is Cc1ccc(I)cc1NC(=O)c1ccc(Br)cc1Cl. The van der Waals surface area contributed by atoms with E-state index in [2.05, 4.69) is 43.8 Å². The van der Waals surface area contributed by atoms with E-state index in [-0.39, 0.29) is 5.91 Å². The summed E-state index contributed by atoms with van der Waals surface area (Å²) in [4.78, 5) is 12.2. The third kappa shape index (κ3) is 3.70. The zero-order chi connectivity index (χ0) is 14.0. The quantitative estimate of drug-likeness (QED) is 0.621. The van der Waals surface area contributed by atoms with E-state index in [1.54, 1.807) is 18.2 Å². The minimum atomic E-state index is -0.206. The molecule has 2 aromatic carbocycles. The van der Waals surface area contributed by atoms with Crippen LogP contribution in [0.3, 0.4) is 0 Å². The molecular formula is C14H10BrClINO. The second-order valence-electron chi connectivity index (χ2n) is 4.04. The summed E-state index contributed by atoms with van der Waals surface area (Å²) >= 11 is 11.6. The van der Waals surface area contributed by atoms with Crippen molar-refractivity contribution in [1.82, 2.24) is 0 Å². The van der Waals surface area contributed by atoms with Gasteiger partial charge in [-0.2, -0.15) is 0 Å². The summed E-state index contributed by atoms with van der Waals surface area (Å²) in [6.07, 6.45) is 0. The lowest BCUT2D eigenvalue weighted by Crippen LogP contribution is -2.13. The molecular weight excluding hydrogens is 440 g/mol. The standard InChI is InChI=1S/C14H10BrClINO/c1-8-2-4-10(17)7-13(8)18-14(19)11-5-3-9(15)6-12(11)16/h2-7H,1H3,(H,18,19). The number of amides is 1. The number of hydrogen-bond donors (Lipinski definition) is 1. The van der Waals surface area contributed by atoms with Crippen molar-refractivity contribution in [3.8, 4) is 0 Å². The topological polar surface area (TPSA) is 29.1 Å². The summed E-state index contributed by atoms with van der Waals surface area (Å²) in [6.45, 7) is 1.95. The summed E-state index contributed by atoms with van der Waals surface area (Å²) in [5.74, 6) is -0.206. The number of hydrogen-bond acceptors (Lipinski definition) is 1. The van der Waals surface area contributed by atoms with Crippen molar-refractivity contribution >= 4 is 61.7 Å². The minimum absolute atomic E-state index is 0.206. The fourth-order valence-electron chi connectivity index (χ4n) is 1.59. The van der Waals surface area contributed by atoms with Crippen molar-refractivity contribution in [3.05, 3.63) is 60.6 Å². The lowest BCUT2D eigenvalue weighted by Gasteiger charge is -2.10. The van der Waals surface area contributed by atoms with Crippen LogP contribution < -0.4 is 5.32 Å². The molecule has 0 atom stereocenters. The van der Waals surface area contributed by atoms with Crippen LogP contribution >= 0.6 is 50.1 Å². The number of carbonyl (C=O) groups excluding carboxylic acids is 1. The molecule has 0 heterocycles. The summed E-state index contributed by atoms with van der Waals surface area (Å²) in [7, 11) is 0. The van der Waals surface area contributed by atoms with Gasteiger partial charge in [-0.1, -0.05) is 33.6 Å². The highest BCUT2D eigenvalue weighted by Gasteiger charge is 2.12. The van der Waals surface area contributed by atoms with Crippen molar-refractivity contribution < 1.29 is 4.79 Å². The summed E-state index contributed by atoms with van der Waals surface area (Å²) in [5, 5.41) is 3.31. The Hall–Kier alpha value is -0.590. The first-order chi connectivity index (χ1) is 8.97. The van der Waals surface area contributed by atoms with Crippen LogP contribution in [0.15, 0.2) is 40.9 Å². The molecule has 19 heavy (non-hydrogen) atoms. The summed E-state index contributed by atoms with van der Waals surface area (Å²) in [5.41, 5.74) is 2.28. The highest BCUT2D eigenvalue weighted by Crippen LogP contribution is 2.24. The molecule has 98 valence electrons. The lowest BCUT2D eigenvalue weighted by molar-refractivity contribution is 0.102. The van der Waals surface area contributed by atoms with Gasteiger partial charge in [0.1, 0.15) is 0 Å². The molecule has 0 aliphatic carbocycles. The molecule has 2 aromatic rings. The van der Waals surface area contributed by atoms with E-state index < -0.39 is 0 Å². The van der Waals surface area contributed by atoms with Crippen molar-refractivity contribution in [1.29, 1.82) is 0 Å². The lowest BCUT2D eigenvalue weighted by atomic mass is 10.1. The van der Waals surface area contributed by atoms with Gasteiger partial charge >= 0.3 is 0 Å². The maximum atomic E-state index is 12.2. The van der Waals surface area contributed by atoms with Gasteiger partial charge in [0.15, 0.2) is 0 Å². The van der Waals surface area contributed by atoms with E-state index in [1.807, 2.05) is 25.1 Å². The van der Waals surface area contributed by atoms with Gasteiger partial charge in [-0.15, -0.1) is 0 Å². The monoisotopic (exact) mass is 449 g/mol. The second kappa shape index (κ2) is 6.24. The maximum Gasteiger partial charge on any atom is 0.257 e. The maximum absolute atomic E-state index is 12.2. The van der Waals surface area contributed by atoms with Crippen molar-refractivity contribution in [2.45, 2.75) is 6.92 Å². The van der Waals surface area contributed by atoms with E-state index in [4.69, 9.17) is 11.6 Å². The average Bonchev–Trinajstić information content (AvgIpc) is 2.33. The molecule has 0 radical (unpaired) electrons. The Morgan fingerprint density at radius 3 is 2.68 bits per heavy atom. The molecule has 2 rings (SSSR count). The van der Waals surface area contributed by atoms with Crippen LogP contribution in [0.25, 0.3) is 0 Å². The van der Waals surface area contributed by atoms with E-state index >= 15 is 0 Å². The fraction of sp³-hybridized carbons (Fsp3) is 0.0714. The zero-order valence-corrected chi connectivity index (χ0v) is 14.5. The number of nitrogens with one attached hydrogen (secondary N) is 1. The van der Waals surface area contributed by atoms with Crippen LogP contribution in [0.2, 0.25) is 5.02 Å². The molecule has 0 spiro atoms. The molecule has 2 nitrogen and oxygen atoms in total. The van der Waals surface area contributed by atoms with Gasteiger partial charge in [0.05, 0.1) is 10.6 Å². The molecule has 0 fully saturated rings. The molecule has 0 saturated carbocycles. The van der Waals surface area contributed by atoms with Crippen LogP contribution in [0.4, 0.5) is 5.69 Å². The highest BCUT2D eigenvalue weighted by atomic mass is 127. The molecule has 0 bridgehead atoms. The van der Waals surface area contributed by atoms with Gasteiger partial charge in [0, 0.05) is 13.7 Å². The van der Waals surface area contributed by atoms with Crippen molar-refractivity contribution in [3.63, 3.8) is 0 Å². The van der Waals surface area contributed by atoms with Crippen molar-refractivity contribution in [2.24, 2.45) is 0 Å². The Morgan fingerprint density at radius 1 is 1.26 bits per heavy atom. The number of aryl methyl sites for hydroxylation is 1. The first-order valence-corrected chi connectivity index (χ1v) is 7.75. The van der Waals surface area contributed by atoms with Crippen LogP contribution in [0.5, 0.6) is 0 Å². The fourth-order valence-corrected chi connectivity index (χ4v) is 2.84. The molecule has 5 heteroatoms. The molecule has 1 amide bonds. The molecule has 0 aliphatic rings. The third-order valence-corrected chi connectivity index (χ3v) is 4.10. The van der Waals surface area contributed by atoms with Gasteiger partial charge in [-0.3, -0.25) is 4.79 Å². The summed E-state index contributed by atoms with van der Waals surface area (Å²) in [6, 6.07) is 11.1. The largest absolute Gasteiger partial charge is 0.322 e. The third-order valence-electron chi connectivity index (χ3n) is 2.62. The second-order valence-corrected chi connectivity index (χ2v) is 6.61. The minimum Gasteiger partial charge on any atom is -0.322 e. The molecule has 0 unspecified atom stereocenters. The Balaban J connectivity index is 2.28. The molecule has 0 aliphatic heterocycles. The molecule has 0 aromatic heterocycles. The van der Waals surface area contributed by atoms with E-state index in [0.29, 0.717) is 10.6 Å². The van der Waals surface area contributed by atoms with Gasteiger partial charge < -0.3 is 5.32 Å². The molecule has 1 N–H and O–H groups in total. The smallest absolute Gasteiger partial charge is 0.257 e. The van der Waals surface area contributed by atoms with Crippen molar-refractivity contribution in [2.75, 3.05) is 5.32 Å². The number of halogens is 3. The van der Waals surface area contributed by atoms with Gasteiger partial charge in [-0.05, 0) is 65.4 Å². The number of rotatable bonds is 2. The predicted molar refractivity (Wildman–Crippen MR) is 91.0 cm³/mol. The number of benzene rings is 2. The predicted octanol–water partition coefficient (Wildman–Crippen LogP) is 5.27. The Morgan fingerprint density at radius 2 is 2.00 bits per heavy atom. The Bertz CT molecular complexity index is 645. The zero-order valence-electron chi connectivity index (χ0n) is 10.0. The normalized spacial score (nSPS) is 10.3. The van der Waals surface area contributed by atoms with E-state index in [1.165, 1.54) is 0 Å². The Kier molecular flexibility index (Phi) is 4.86. The summed E-state index contributed by atoms with van der Waals surface area (Å²) < 4.78 is 1.92. The average molecular weight is 451 g/mol. The number of carbonyl (C=O) groups is 1. The van der Waals surface area contributed by atoms with E-state index in [0.717, 1.165) is 19.3 Å².